The number of hydrazine groups is 1. The number of aliphatic hydroxyl groups is 1. The van der Waals surface area contributed by atoms with Gasteiger partial charge in [-0.05, 0) is 12.8 Å². The maximum atomic E-state index is 10.8. The van der Waals surface area contributed by atoms with Gasteiger partial charge in [0, 0.05) is 0 Å². The van der Waals surface area contributed by atoms with Crippen molar-refractivity contribution in [2.24, 2.45) is 5.92 Å². The Hall–Kier alpha value is -1.18. The lowest BCUT2D eigenvalue weighted by molar-refractivity contribution is -0.145. The summed E-state index contributed by atoms with van der Waals surface area (Å²) in [6.45, 7) is 4.68. The normalized spacial score (nSPS) is 16.8. The first-order valence-corrected chi connectivity index (χ1v) is 4.92. The standard InChI is InChI=1S/C9H18N2O5/c1-4(2)6(8(13)14)10-11-7(5(3)12)9(15)16/h4-7,10-12H,1-3H3,(H,13,14)(H,15,16)/t5-,6+,7+/m1/s1. The number of hydrogen-bond donors (Lipinski definition) is 5. The highest BCUT2D eigenvalue weighted by Gasteiger charge is 2.26. The summed E-state index contributed by atoms with van der Waals surface area (Å²) in [5, 5.41) is 26.7. The molecule has 0 heterocycles. The minimum Gasteiger partial charge on any atom is -0.480 e. The lowest BCUT2D eigenvalue weighted by Gasteiger charge is -2.23. The molecule has 0 aliphatic carbocycles. The summed E-state index contributed by atoms with van der Waals surface area (Å²) in [4.78, 5) is 21.5. The average Bonchev–Trinajstić information content (AvgIpc) is 2.09. The van der Waals surface area contributed by atoms with Gasteiger partial charge in [-0.15, -0.1) is 0 Å². The largest absolute Gasteiger partial charge is 0.480 e. The molecule has 0 unspecified atom stereocenters. The van der Waals surface area contributed by atoms with E-state index in [0.717, 1.165) is 0 Å². The van der Waals surface area contributed by atoms with Gasteiger partial charge in [0.25, 0.3) is 0 Å². The first-order chi connectivity index (χ1) is 7.27. The molecule has 0 rings (SSSR count). The van der Waals surface area contributed by atoms with E-state index in [9.17, 15) is 9.59 Å². The van der Waals surface area contributed by atoms with E-state index in [0.29, 0.717) is 0 Å². The van der Waals surface area contributed by atoms with Crippen molar-refractivity contribution < 1.29 is 24.9 Å². The van der Waals surface area contributed by atoms with E-state index in [-0.39, 0.29) is 5.92 Å². The van der Waals surface area contributed by atoms with E-state index in [1.807, 2.05) is 0 Å². The van der Waals surface area contributed by atoms with Crippen LogP contribution < -0.4 is 10.9 Å². The molecule has 0 aromatic heterocycles. The Bertz CT molecular complexity index is 228. The van der Waals surface area contributed by atoms with Crippen LogP contribution in [0.4, 0.5) is 0 Å². The van der Waals surface area contributed by atoms with E-state index < -0.39 is 30.1 Å². The van der Waals surface area contributed by atoms with Crippen LogP contribution in [0, 0.1) is 5.92 Å². The van der Waals surface area contributed by atoms with E-state index in [1.54, 1.807) is 13.8 Å². The van der Waals surface area contributed by atoms with Crippen LogP contribution >= 0.6 is 0 Å². The molecule has 0 bridgehead atoms. The summed E-state index contributed by atoms with van der Waals surface area (Å²) in [7, 11) is 0. The molecule has 0 aromatic rings. The average molecular weight is 234 g/mol. The number of rotatable bonds is 7. The molecule has 0 aliphatic rings. The number of carboxylic acids is 2. The minimum absolute atomic E-state index is 0.214. The Balaban J connectivity index is 4.38. The van der Waals surface area contributed by atoms with Crippen LogP contribution in [0.1, 0.15) is 20.8 Å². The van der Waals surface area contributed by atoms with Crippen molar-refractivity contribution in [3.63, 3.8) is 0 Å². The van der Waals surface area contributed by atoms with Crippen molar-refractivity contribution in [3.8, 4) is 0 Å². The molecule has 0 saturated carbocycles. The molecule has 0 amide bonds. The molecule has 0 fully saturated rings. The topological polar surface area (TPSA) is 119 Å². The Kier molecular flexibility index (Phi) is 5.94. The van der Waals surface area contributed by atoms with E-state index in [2.05, 4.69) is 10.9 Å². The van der Waals surface area contributed by atoms with Gasteiger partial charge in [-0.1, -0.05) is 13.8 Å². The van der Waals surface area contributed by atoms with Crippen molar-refractivity contribution in [1.82, 2.24) is 10.9 Å². The first kappa shape index (κ1) is 14.8. The van der Waals surface area contributed by atoms with E-state index in [4.69, 9.17) is 15.3 Å². The fourth-order valence-electron chi connectivity index (χ4n) is 1.08. The molecule has 16 heavy (non-hydrogen) atoms. The highest BCUT2D eigenvalue weighted by atomic mass is 16.4. The number of aliphatic carboxylic acids is 2. The number of nitrogens with one attached hydrogen (secondary N) is 2. The molecule has 0 aromatic carbocycles. The zero-order chi connectivity index (χ0) is 12.9. The molecular formula is C9H18N2O5. The summed E-state index contributed by atoms with van der Waals surface area (Å²) in [6.07, 6.45) is -1.13. The van der Waals surface area contributed by atoms with Crippen molar-refractivity contribution in [1.29, 1.82) is 0 Å². The highest BCUT2D eigenvalue weighted by Crippen LogP contribution is 2.01. The molecule has 3 atom stereocenters. The van der Waals surface area contributed by atoms with Gasteiger partial charge in [-0.25, -0.2) is 10.9 Å². The van der Waals surface area contributed by atoms with E-state index >= 15 is 0 Å². The Morgan fingerprint density at radius 2 is 1.31 bits per heavy atom. The predicted octanol–water partition coefficient (Wildman–Crippen LogP) is -0.976. The molecule has 0 spiro atoms. The Labute approximate surface area is 93.4 Å². The van der Waals surface area contributed by atoms with Crippen LogP contribution in [-0.4, -0.2) is 45.4 Å². The third kappa shape index (κ3) is 4.56. The van der Waals surface area contributed by atoms with Crippen LogP contribution in [-0.2, 0) is 9.59 Å². The fraction of sp³-hybridized carbons (Fsp3) is 0.778. The number of aliphatic hydroxyl groups excluding tert-OH is 1. The van der Waals surface area contributed by atoms with Crippen LogP contribution in [0.5, 0.6) is 0 Å². The molecule has 5 N–H and O–H groups in total. The highest BCUT2D eigenvalue weighted by molar-refractivity contribution is 5.75. The number of carboxylic acid groups (broad SMARTS) is 2. The lowest BCUT2D eigenvalue weighted by atomic mass is 10.1. The lowest BCUT2D eigenvalue weighted by Crippen LogP contribution is -2.57. The Morgan fingerprint density at radius 1 is 0.938 bits per heavy atom. The van der Waals surface area contributed by atoms with Crippen molar-refractivity contribution in [2.75, 3.05) is 0 Å². The number of hydrogen-bond acceptors (Lipinski definition) is 5. The molecule has 0 aliphatic heterocycles. The third-order valence-electron chi connectivity index (χ3n) is 2.08. The first-order valence-electron chi connectivity index (χ1n) is 4.92. The minimum atomic E-state index is -1.25. The van der Waals surface area contributed by atoms with Crippen molar-refractivity contribution in [3.05, 3.63) is 0 Å². The second-order valence-electron chi connectivity index (χ2n) is 3.91. The zero-order valence-corrected chi connectivity index (χ0v) is 9.47. The molecule has 7 nitrogen and oxygen atoms in total. The molecule has 94 valence electrons. The Morgan fingerprint density at radius 3 is 1.56 bits per heavy atom. The van der Waals surface area contributed by atoms with Gasteiger partial charge in [0.15, 0.2) is 0 Å². The van der Waals surface area contributed by atoms with Gasteiger partial charge < -0.3 is 15.3 Å². The summed E-state index contributed by atoms with van der Waals surface area (Å²) >= 11 is 0. The van der Waals surface area contributed by atoms with Crippen molar-refractivity contribution in [2.45, 2.75) is 39.0 Å². The van der Waals surface area contributed by atoms with Gasteiger partial charge in [0.1, 0.15) is 12.1 Å². The second-order valence-corrected chi connectivity index (χ2v) is 3.91. The molecule has 7 heteroatoms. The summed E-state index contributed by atoms with van der Waals surface area (Å²) in [5.74, 6) is -2.55. The maximum Gasteiger partial charge on any atom is 0.324 e. The van der Waals surface area contributed by atoms with Crippen LogP contribution in [0.3, 0.4) is 0 Å². The smallest absolute Gasteiger partial charge is 0.324 e. The summed E-state index contributed by atoms with van der Waals surface area (Å²) in [6, 6.07) is -2.17. The van der Waals surface area contributed by atoms with Gasteiger partial charge in [-0.2, -0.15) is 0 Å². The SMILES string of the molecule is CC(C)[C@H](NN[C@H](C(=O)O)[C@@H](C)O)C(=O)O. The third-order valence-corrected chi connectivity index (χ3v) is 2.08. The number of carbonyl (C=O) groups is 2. The fourth-order valence-corrected chi connectivity index (χ4v) is 1.08. The molecule has 0 saturated heterocycles. The van der Waals surface area contributed by atoms with Gasteiger partial charge in [0.05, 0.1) is 6.10 Å². The molecule has 0 radical (unpaired) electrons. The molecular weight excluding hydrogens is 216 g/mol. The van der Waals surface area contributed by atoms with Gasteiger partial charge in [0.2, 0.25) is 0 Å². The monoisotopic (exact) mass is 234 g/mol. The van der Waals surface area contributed by atoms with Crippen LogP contribution in [0.2, 0.25) is 0 Å². The van der Waals surface area contributed by atoms with Crippen LogP contribution in [0.25, 0.3) is 0 Å². The second kappa shape index (κ2) is 6.41. The van der Waals surface area contributed by atoms with Crippen molar-refractivity contribution >= 4 is 11.9 Å². The maximum absolute atomic E-state index is 10.8. The van der Waals surface area contributed by atoms with Gasteiger partial charge in [-0.3, -0.25) is 9.59 Å². The summed E-state index contributed by atoms with van der Waals surface area (Å²) in [5.41, 5.74) is 4.69. The quantitative estimate of drug-likeness (QED) is 0.359. The predicted molar refractivity (Wildman–Crippen MR) is 55.6 cm³/mol. The zero-order valence-electron chi connectivity index (χ0n) is 9.47. The van der Waals surface area contributed by atoms with Crippen LogP contribution in [0.15, 0.2) is 0 Å². The van der Waals surface area contributed by atoms with E-state index in [1.165, 1.54) is 6.92 Å². The summed E-state index contributed by atoms with van der Waals surface area (Å²) < 4.78 is 0. The van der Waals surface area contributed by atoms with Gasteiger partial charge >= 0.3 is 11.9 Å².